The molecule has 0 unspecified atom stereocenters. The Morgan fingerprint density at radius 1 is 1.22 bits per heavy atom. The fraction of sp³-hybridized carbons (Fsp3) is 0.0667. The molecular formula is C15H12ClN5O2. The molecule has 1 aromatic carbocycles. The van der Waals surface area contributed by atoms with Crippen LogP contribution in [-0.4, -0.2) is 32.8 Å². The van der Waals surface area contributed by atoms with Gasteiger partial charge in [-0.1, -0.05) is 11.6 Å². The number of hydrogen-bond acceptors (Lipinski definition) is 5. The zero-order valence-corrected chi connectivity index (χ0v) is 12.9. The third-order valence-corrected chi connectivity index (χ3v) is 3.33. The van der Waals surface area contributed by atoms with Crippen LogP contribution in [0.4, 0.5) is 5.69 Å². The number of ether oxygens (including phenoxy) is 1. The van der Waals surface area contributed by atoms with Crippen molar-refractivity contribution in [2.75, 3.05) is 12.4 Å². The smallest absolute Gasteiger partial charge is 0.259 e. The van der Waals surface area contributed by atoms with Gasteiger partial charge < -0.3 is 10.1 Å². The highest BCUT2D eigenvalue weighted by Crippen LogP contribution is 2.23. The molecule has 0 fully saturated rings. The van der Waals surface area contributed by atoms with Gasteiger partial charge in [-0.3, -0.25) is 9.36 Å². The molecule has 3 aromatic rings. The van der Waals surface area contributed by atoms with E-state index in [0.29, 0.717) is 27.8 Å². The molecule has 2 heterocycles. The van der Waals surface area contributed by atoms with Gasteiger partial charge in [0.1, 0.15) is 24.2 Å². The highest BCUT2D eigenvalue weighted by atomic mass is 35.5. The van der Waals surface area contributed by atoms with E-state index in [4.69, 9.17) is 16.3 Å². The summed E-state index contributed by atoms with van der Waals surface area (Å²) < 4.78 is 6.83. The standard InChI is InChI=1S/C15H12ClN5O2/c1-23-13-4-2-10(16)6-12(13)15(22)20-11-3-5-14(17-7-11)21-8-18-19-9-21/h2-9H,1H3,(H,20,22). The Bertz CT molecular complexity index is 818. The van der Waals surface area contributed by atoms with E-state index >= 15 is 0 Å². The number of benzene rings is 1. The van der Waals surface area contributed by atoms with E-state index in [2.05, 4.69) is 20.5 Å². The second-order valence-electron chi connectivity index (χ2n) is 4.57. The van der Waals surface area contributed by atoms with Crippen LogP contribution in [0, 0.1) is 0 Å². The summed E-state index contributed by atoms with van der Waals surface area (Å²) in [5, 5.41) is 10.6. The third-order valence-electron chi connectivity index (χ3n) is 3.10. The Hall–Kier alpha value is -2.93. The van der Waals surface area contributed by atoms with Gasteiger partial charge in [-0.2, -0.15) is 0 Å². The second kappa shape index (κ2) is 6.45. The Morgan fingerprint density at radius 2 is 2.00 bits per heavy atom. The minimum atomic E-state index is -0.330. The summed E-state index contributed by atoms with van der Waals surface area (Å²) in [4.78, 5) is 16.6. The van der Waals surface area contributed by atoms with Crippen molar-refractivity contribution in [2.45, 2.75) is 0 Å². The number of hydrogen-bond donors (Lipinski definition) is 1. The monoisotopic (exact) mass is 329 g/mol. The lowest BCUT2D eigenvalue weighted by molar-refractivity contribution is 0.102. The topological polar surface area (TPSA) is 81.9 Å². The normalized spacial score (nSPS) is 10.3. The van der Waals surface area contributed by atoms with Gasteiger partial charge in [0.2, 0.25) is 0 Å². The minimum Gasteiger partial charge on any atom is -0.496 e. The zero-order valence-electron chi connectivity index (χ0n) is 12.1. The van der Waals surface area contributed by atoms with Crippen LogP contribution in [0.15, 0.2) is 49.2 Å². The van der Waals surface area contributed by atoms with Crippen molar-refractivity contribution in [1.29, 1.82) is 0 Å². The lowest BCUT2D eigenvalue weighted by atomic mass is 10.2. The van der Waals surface area contributed by atoms with Gasteiger partial charge in [0.25, 0.3) is 5.91 Å². The van der Waals surface area contributed by atoms with E-state index in [0.717, 1.165) is 0 Å². The molecule has 1 N–H and O–H groups in total. The maximum Gasteiger partial charge on any atom is 0.259 e. The molecule has 2 aromatic heterocycles. The number of nitrogens with zero attached hydrogens (tertiary/aromatic N) is 4. The average molecular weight is 330 g/mol. The van der Waals surface area contributed by atoms with Crippen molar-refractivity contribution in [3.63, 3.8) is 0 Å². The minimum absolute atomic E-state index is 0.330. The van der Waals surface area contributed by atoms with Gasteiger partial charge in [0.05, 0.1) is 24.6 Å². The summed E-state index contributed by atoms with van der Waals surface area (Å²) in [6, 6.07) is 8.33. The van der Waals surface area contributed by atoms with Crippen molar-refractivity contribution in [2.24, 2.45) is 0 Å². The fourth-order valence-corrected chi connectivity index (χ4v) is 2.16. The van der Waals surface area contributed by atoms with Crippen molar-refractivity contribution >= 4 is 23.2 Å². The lowest BCUT2D eigenvalue weighted by Gasteiger charge is -2.10. The number of anilines is 1. The van der Waals surface area contributed by atoms with Crippen LogP contribution in [0.2, 0.25) is 5.02 Å². The van der Waals surface area contributed by atoms with E-state index in [9.17, 15) is 4.79 Å². The molecular weight excluding hydrogens is 318 g/mol. The van der Waals surface area contributed by atoms with E-state index in [1.165, 1.54) is 19.8 Å². The summed E-state index contributed by atoms with van der Waals surface area (Å²) in [6.45, 7) is 0. The van der Waals surface area contributed by atoms with Crippen LogP contribution in [0.1, 0.15) is 10.4 Å². The number of amides is 1. The largest absolute Gasteiger partial charge is 0.496 e. The Morgan fingerprint density at radius 3 is 2.65 bits per heavy atom. The molecule has 3 rings (SSSR count). The summed E-state index contributed by atoms with van der Waals surface area (Å²) in [6.07, 6.45) is 4.62. The zero-order chi connectivity index (χ0) is 16.2. The van der Waals surface area contributed by atoms with Crippen molar-refractivity contribution < 1.29 is 9.53 Å². The predicted octanol–water partition coefficient (Wildman–Crippen LogP) is 2.58. The number of rotatable bonds is 4. The van der Waals surface area contributed by atoms with Gasteiger partial charge in [-0.15, -0.1) is 10.2 Å². The number of aromatic nitrogens is 4. The average Bonchev–Trinajstić information content (AvgIpc) is 3.10. The van der Waals surface area contributed by atoms with E-state index in [1.807, 2.05) is 0 Å². The summed E-state index contributed by atoms with van der Waals surface area (Å²) in [5.74, 6) is 0.762. The predicted molar refractivity (Wildman–Crippen MR) is 85.1 cm³/mol. The number of carbonyl (C=O) groups excluding carboxylic acids is 1. The lowest BCUT2D eigenvalue weighted by Crippen LogP contribution is -2.13. The van der Waals surface area contributed by atoms with Crippen molar-refractivity contribution in [3.8, 4) is 11.6 Å². The van der Waals surface area contributed by atoms with Gasteiger partial charge in [0, 0.05) is 5.02 Å². The molecule has 1 amide bonds. The first-order valence-electron chi connectivity index (χ1n) is 6.63. The first-order chi connectivity index (χ1) is 11.2. The number of carbonyl (C=O) groups is 1. The van der Waals surface area contributed by atoms with Gasteiger partial charge in [0.15, 0.2) is 0 Å². The molecule has 0 atom stereocenters. The first-order valence-corrected chi connectivity index (χ1v) is 7.01. The summed E-state index contributed by atoms with van der Waals surface area (Å²) >= 11 is 5.94. The maximum atomic E-state index is 12.4. The molecule has 23 heavy (non-hydrogen) atoms. The van der Waals surface area contributed by atoms with Crippen LogP contribution in [-0.2, 0) is 0 Å². The molecule has 0 aliphatic heterocycles. The molecule has 0 radical (unpaired) electrons. The Labute approximate surface area is 136 Å². The Kier molecular flexibility index (Phi) is 4.20. The van der Waals surface area contributed by atoms with E-state index < -0.39 is 0 Å². The molecule has 0 bridgehead atoms. The number of methoxy groups -OCH3 is 1. The van der Waals surface area contributed by atoms with E-state index in [1.54, 1.807) is 41.1 Å². The van der Waals surface area contributed by atoms with Crippen LogP contribution >= 0.6 is 11.6 Å². The van der Waals surface area contributed by atoms with Crippen LogP contribution in [0.25, 0.3) is 5.82 Å². The molecule has 116 valence electrons. The third kappa shape index (κ3) is 3.29. The second-order valence-corrected chi connectivity index (χ2v) is 5.01. The number of pyridine rings is 1. The molecule has 0 saturated carbocycles. The first kappa shape index (κ1) is 15.0. The summed E-state index contributed by atoms with van der Waals surface area (Å²) in [7, 11) is 1.50. The number of nitrogens with one attached hydrogen (secondary N) is 1. The van der Waals surface area contributed by atoms with Crippen molar-refractivity contribution in [3.05, 3.63) is 59.8 Å². The molecule has 0 saturated heterocycles. The SMILES string of the molecule is COc1ccc(Cl)cc1C(=O)Nc1ccc(-n2cnnc2)nc1. The van der Waals surface area contributed by atoms with Crippen LogP contribution in [0.5, 0.6) is 5.75 Å². The fourth-order valence-electron chi connectivity index (χ4n) is 1.99. The highest BCUT2D eigenvalue weighted by Gasteiger charge is 2.13. The van der Waals surface area contributed by atoms with Gasteiger partial charge in [-0.05, 0) is 30.3 Å². The molecule has 0 aliphatic carbocycles. The van der Waals surface area contributed by atoms with E-state index in [-0.39, 0.29) is 5.91 Å². The Balaban J connectivity index is 1.79. The molecule has 0 aliphatic rings. The van der Waals surface area contributed by atoms with Crippen LogP contribution in [0.3, 0.4) is 0 Å². The van der Waals surface area contributed by atoms with Crippen molar-refractivity contribution in [1.82, 2.24) is 19.7 Å². The van der Waals surface area contributed by atoms with Gasteiger partial charge >= 0.3 is 0 Å². The van der Waals surface area contributed by atoms with Gasteiger partial charge in [-0.25, -0.2) is 4.98 Å². The molecule has 8 heteroatoms. The molecule has 0 spiro atoms. The summed E-state index contributed by atoms with van der Waals surface area (Å²) in [5.41, 5.74) is 0.900. The maximum absolute atomic E-state index is 12.4. The highest BCUT2D eigenvalue weighted by molar-refractivity contribution is 6.31. The number of halogens is 1. The van der Waals surface area contributed by atoms with Crippen LogP contribution < -0.4 is 10.1 Å². The quantitative estimate of drug-likeness (QED) is 0.795. The molecule has 7 nitrogen and oxygen atoms in total.